The number of aromatic nitrogens is 3. The number of carbonyl (C=O) groups is 2. The van der Waals surface area contributed by atoms with Gasteiger partial charge in [0.15, 0.2) is 0 Å². The molecule has 1 aliphatic heterocycles. The lowest BCUT2D eigenvalue weighted by molar-refractivity contribution is -0.145. The molecule has 1 saturated heterocycles. The van der Waals surface area contributed by atoms with Crippen molar-refractivity contribution in [2.75, 3.05) is 26.2 Å². The highest BCUT2D eigenvalue weighted by atomic mass is 19.4. The number of alkyl halides is 3. The third-order valence-corrected chi connectivity index (χ3v) is 8.75. The molecule has 256 valence electrons. The fraction of sp³-hybridized carbons (Fsp3) is 0.231. The first-order chi connectivity index (χ1) is 24.2. The Morgan fingerprint density at radius 3 is 2.18 bits per heavy atom. The maximum absolute atomic E-state index is 14.5. The molecule has 8 nitrogen and oxygen atoms in total. The van der Waals surface area contributed by atoms with Gasteiger partial charge in [-0.25, -0.2) is 4.98 Å². The average molecular weight is 679 g/mol. The van der Waals surface area contributed by atoms with Gasteiger partial charge in [-0.15, -0.1) is 0 Å². The van der Waals surface area contributed by atoms with Crippen LogP contribution in [0.15, 0.2) is 122 Å². The van der Waals surface area contributed by atoms with Gasteiger partial charge in [0, 0.05) is 69.4 Å². The molecular formula is C39H37F3N6O2. The summed E-state index contributed by atoms with van der Waals surface area (Å²) in [4.78, 5) is 46.1. The summed E-state index contributed by atoms with van der Waals surface area (Å²) in [7, 11) is 0. The summed E-state index contributed by atoms with van der Waals surface area (Å²) >= 11 is 0. The maximum atomic E-state index is 14.5. The van der Waals surface area contributed by atoms with Crippen LogP contribution in [0.2, 0.25) is 0 Å². The Hall–Kier alpha value is -5.55. The second kappa shape index (κ2) is 15.8. The van der Waals surface area contributed by atoms with Crippen molar-refractivity contribution in [3.8, 4) is 11.3 Å². The van der Waals surface area contributed by atoms with E-state index < -0.39 is 23.7 Å². The van der Waals surface area contributed by atoms with Crippen LogP contribution in [0.1, 0.15) is 28.1 Å². The van der Waals surface area contributed by atoms with Gasteiger partial charge in [-0.2, -0.15) is 13.2 Å². The number of imidazole rings is 1. The fourth-order valence-electron chi connectivity index (χ4n) is 6.00. The smallest absolute Gasteiger partial charge is 0.348 e. The summed E-state index contributed by atoms with van der Waals surface area (Å²) in [6, 6.07) is 26.7. The minimum atomic E-state index is -4.46. The number of nitrogens with one attached hydrogen (secondary N) is 1. The van der Waals surface area contributed by atoms with Gasteiger partial charge in [-0.3, -0.25) is 19.5 Å². The van der Waals surface area contributed by atoms with Gasteiger partial charge in [0.2, 0.25) is 11.8 Å². The summed E-state index contributed by atoms with van der Waals surface area (Å²) in [6.07, 6.45) is 3.87. The van der Waals surface area contributed by atoms with Crippen LogP contribution < -0.4 is 0 Å². The standard InChI is InChI=1S/C39H37F3N6O2/c40-39(41,42)33-16-11-29(12-17-33)13-18-37(49)48(27-31-9-14-32(15-10-31)34-8-4-5-19-43-34)35(26-30-6-2-1-3-7-30)38(50)47-24-22-46(23-25-47)28-36-44-20-21-45-36/h1-21,35H,22-28H2,(H,44,45)/t35-/m0/s1. The highest BCUT2D eigenvalue weighted by Gasteiger charge is 2.34. The topological polar surface area (TPSA) is 85.4 Å². The number of benzene rings is 3. The monoisotopic (exact) mass is 678 g/mol. The van der Waals surface area contributed by atoms with Crippen LogP contribution in [0.4, 0.5) is 13.2 Å². The molecule has 1 N–H and O–H groups in total. The lowest BCUT2D eigenvalue weighted by atomic mass is 10.0. The summed E-state index contributed by atoms with van der Waals surface area (Å²) in [5.41, 5.74) is 3.11. The third kappa shape index (κ3) is 8.91. The van der Waals surface area contributed by atoms with Crippen molar-refractivity contribution in [1.82, 2.24) is 29.7 Å². The van der Waals surface area contributed by atoms with Crippen LogP contribution in [-0.4, -0.2) is 73.7 Å². The molecule has 1 fully saturated rings. The van der Waals surface area contributed by atoms with E-state index in [0.717, 1.165) is 40.3 Å². The van der Waals surface area contributed by atoms with Crippen molar-refractivity contribution in [2.24, 2.45) is 0 Å². The van der Waals surface area contributed by atoms with Gasteiger partial charge in [0.25, 0.3) is 0 Å². The molecule has 0 saturated carbocycles. The minimum absolute atomic E-state index is 0.139. The van der Waals surface area contributed by atoms with Gasteiger partial charge in [0.1, 0.15) is 11.9 Å². The third-order valence-electron chi connectivity index (χ3n) is 8.75. The first kappa shape index (κ1) is 34.3. The van der Waals surface area contributed by atoms with Crippen molar-refractivity contribution in [1.29, 1.82) is 0 Å². The molecule has 0 unspecified atom stereocenters. The molecule has 0 bridgehead atoms. The second-order valence-electron chi connectivity index (χ2n) is 12.2. The molecule has 50 heavy (non-hydrogen) atoms. The van der Waals surface area contributed by atoms with Gasteiger partial charge in [-0.05, 0) is 47.0 Å². The van der Waals surface area contributed by atoms with Gasteiger partial charge >= 0.3 is 6.18 Å². The highest BCUT2D eigenvalue weighted by molar-refractivity contribution is 5.95. The summed E-state index contributed by atoms with van der Waals surface area (Å²) in [6.45, 7) is 3.08. The van der Waals surface area contributed by atoms with Crippen LogP contribution in [-0.2, 0) is 35.3 Å². The molecule has 1 aliphatic rings. The largest absolute Gasteiger partial charge is 0.416 e. The van der Waals surface area contributed by atoms with Crippen molar-refractivity contribution in [2.45, 2.75) is 31.7 Å². The van der Waals surface area contributed by atoms with Crippen molar-refractivity contribution in [3.63, 3.8) is 0 Å². The number of H-pyrrole nitrogens is 1. The summed E-state index contributed by atoms with van der Waals surface area (Å²) in [5, 5.41) is 0. The van der Waals surface area contributed by atoms with Gasteiger partial charge < -0.3 is 14.8 Å². The van der Waals surface area contributed by atoms with E-state index in [-0.39, 0.29) is 18.9 Å². The van der Waals surface area contributed by atoms with E-state index in [0.29, 0.717) is 38.3 Å². The quantitative estimate of drug-likeness (QED) is 0.162. The number of amides is 2. The number of hydrogen-bond acceptors (Lipinski definition) is 5. The summed E-state index contributed by atoms with van der Waals surface area (Å²) < 4.78 is 39.4. The van der Waals surface area contributed by atoms with Crippen LogP contribution >= 0.6 is 0 Å². The maximum Gasteiger partial charge on any atom is 0.416 e. The molecule has 3 heterocycles. The number of carbonyl (C=O) groups excluding carboxylic acids is 2. The fourth-order valence-corrected chi connectivity index (χ4v) is 6.00. The molecule has 5 aromatic rings. The van der Waals surface area contributed by atoms with Gasteiger partial charge in [-0.1, -0.05) is 72.8 Å². The normalized spacial score (nSPS) is 14.5. The van der Waals surface area contributed by atoms with E-state index in [9.17, 15) is 22.8 Å². The van der Waals surface area contributed by atoms with Gasteiger partial charge in [0.05, 0.1) is 17.8 Å². The zero-order chi connectivity index (χ0) is 34.9. The second-order valence-corrected chi connectivity index (χ2v) is 12.2. The lowest BCUT2D eigenvalue weighted by Crippen LogP contribution is -2.56. The van der Waals surface area contributed by atoms with E-state index in [1.807, 2.05) is 77.7 Å². The van der Waals surface area contributed by atoms with E-state index in [1.54, 1.807) is 23.5 Å². The predicted octanol–water partition coefficient (Wildman–Crippen LogP) is 6.49. The molecule has 0 radical (unpaired) electrons. The van der Waals surface area contributed by atoms with Crippen molar-refractivity contribution < 1.29 is 22.8 Å². The van der Waals surface area contributed by atoms with Crippen LogP contribution in [0.3, 0.4) is 0 Å². The lowest BCUT2D eigenvalue weighted by Gasteiger charge is -2.39. The Kier molecular flexibility index (Phi) is 10.8. The molecule has 6 rings (SSSR count). The van der Waals surface area contributed by atoms with E-state index >= 15 is 0 Å². The Morgan fingerprint density at radius 2 is 1.54 bits per heavy atom. The Morgan fingerprint density at radius 1 is 0.820 bits per heavy atom. The highest BCUT2D eigenvalue weighted by Crippen LogP contribution is 2.29. The molecule has 11 heteroatoms. The molecule has 1 atom stereocenters. The van der Waals surface area contributed by atoms with E-state index in [1.165, 1.54) is 24.3 Å². The predicted molar refractivity (Wildman–Crippen MR) is 185 cm³/mol. The van der Waals surface area contributed by atoms with E-state index in [2.05, 4.69) is 19.9 Å². The summed E-state index contributed by atoms with van der Waals surface area (Å²) in [5.74, 6) is 0.273. The molecule has 2 aromatic heterocycles. The van der Waals surface area contributed by atoms with Crippen molar-refractivity contribution in [3.05, 3.63) is 150 Å². The SMILES string of the molecule is O=C([C@H](Cc1ccccc1)N(Cc1ccc(-c2ccccn2)cc1)C(=O)C=Cc1ccc(C(F)(F)F)cc1)N1CCN(Cc2ncc[nH]2)CC1. The number of rotatable bonds is 11. The first-order valence-electron chi connectivity index (χ1n) is 16.4. The molecular weight excluding hydrogens is 641 g/mol. The Bertz CT molecular complexity index is 1860. The minimum Gasteiger partial charge on any atom is -0.348 e. The number of nitrogens with zero attached hydrogens (tertiary/aromatic N) is 5. The molecule has 0 spiro atoms. The average Bonchev–Trinajstić information content (AvgIpc) is 3.66. The zero-order valence-corrected chi connectivity index (χ0v) is 27.3. The van der Waals surface area contributed by atoms with Crippen molar-refractivity contribution >= 4 is 17.9 Å². The number of piperazine rings is 1. The first-order valence-corrected chi connectivity index (χ1v) is 16.4. The number of pyridine rings is 1. The van der Waals surface area contributed by atoms with E-state index in [4.69, 9.17) is 0 Å². The molecule has 0 aliphatic carbocycles. The van der Waals surface area contributed by atoms with Crippen LogP contribution in [0.5, 0.6) is 0 Å². The number of aromatic amines is 1. The number of halogens is 3. The number of hydrogen-bond donors (Lipinski definition) is 1. The molecule has 3 aromatic carbocycles. The Labute approximate surface area is 288 Å². The zero-order valence-electron chi connectivity index (χ0n) is 27.3. The Balaban J connectivity index is 1.28. The van der Waals surface area contributed by atoms with Crippen LogP contribution in [0, 0.1) is 0 Å². The van der Waals surface area contributed by atoms with Crippen LogP contribution in [0.25, 0.3) is 17.3 Å². The molecule has 2 amide bonds.